The minimum atomic E-state index is 0.250. The lowest BCUT2D eigenvalue weighted by molar-refractivity contribution is -0.585. The van der Waals surface area contributed by atoms with E-state index in [0.29, 0.717) is 0 Å². The van der Waals surface area contributed by atoms with Gasteiger partial charge >= 0.3 is 6.15 Å². The molecule has 13 heavy (non-hydrogen) atoms. The third-order valence-electron chi connectivity index (χ3n) is 6.01. The average Bonchev–Trinajstić information content (AvgIpc) is 2.14. The zero-order valence-corrected chi connectivity index (χ0v) is 9.32. The minimum Gasteiger partial charge on any atom is -0.186 e. The fourth-order valence-electron chi connectivity index (χ4n) is 5.93. The summed E-state index contributed by atoms with van der Waals surface area (Å²) in [4.78, 5) is 16.2. The summed E-state index contributed by atoms with van der Waals surface area (Å²) in [7, 11) is 0. The number of alkyl halides is 1. The molecular weight excluding hydrogens is 279 g/mol. The highest BCUT2D eigenvalue weighted by molar-refractivity contribution is 14.1. The van der Waals surface area contributed by atoms with E-state index in [1.165, 1.54) is 35.5 Å². The summed E-state index contributed by atoms with van der Waals surface area (Å²) in [5.74, 6) is 7.42. The van der Waals surface area contributed by atoms with Gasteiger partial charge in [0.25, 0.3) is 0 Å². The summed E-state index contributed by atoms with van der Waals surface area (Å²) in [6.07, 6.45) is 0.250. The van der Waals surface area contributed by atoms with Crippen LogP contribution in [-0.4, -0.2) is 9.57 Å². The van der Waals surface area contributed by atoms with Gasteiger partial charge in [-0.3, -0.25) is 0 Å². The van der Waals surface area contributed by atoms with E-state index in [0.717, 1.165) is 8.84 Å². The van der Waals surface area contributed by atoms with Crippen molar-refractivity contribution in [2.75, 3.05) is 0 Å². The van der Waals surface area contributed by atoms with Gasteiger partial charge in [-0.15, -0.1) is 0 Å². The van der Waals surface area contributed by atoms with Gasteiger partial charge in [0.15, 0.2) is 0 Å². The molecule has 3 heteroatoms. The molecule has 0 bridgehead atoms. The summed E-state index contributed by atoms with van der Waals surface area (Å²) in [5, 5.41) is 0. The molecule has 0 unspecified atom stereocenters. The predicted molar refractivity (Wildman–Crippen MR) is 50.8 cm³/mol. The van der Waals surface area contributed by atoms with Crippen molar-refractivity contribution < 1.29 is 9.59 Å². The highest BCUT2D eigenvalue weighted by atomic mass is 127. The van der Waals surface area contributed by atoms with Gasteiger partial charge in [0.05, 0.1) is 0 Å². The van der Waals surface area contributed by atoms with Gasteiger partial charge in [0.1, 0.15) is 0 Å². The van der Waals surface area contributed by atoms with E-state index < -0.39 is 0 Å². The molecule has 0 N–H and O–H groups in total. The zero-order valence-electron chi connectivity index (χ0n) is 7.16. The molecule has 6 aliphatic carbocycles. The molecule has 0 saturated heterocycles. The molecule has 6 aliphatic rings. The van der Waals surface area contributed by atoms with Crippen molar-refractivity contribution in [3.63, 3.8) is 0 Å². The molecule has 0 heterocycles. The van der Waals surface area contributed by atoms with Crippen LogP contribution in [0.15, 0.2) is 0 Å². The Morgan fingerprint density at radius 2 is 1.31 bits per heavy atom. The smallest absolute Gasteiger partial charge is 0.186 e. The fraction of sp³-hybridized carbons (Fsp3) is 0.900. The van der Waals surface area contributed by atoms with E-state index >= 15 is 0 Å². The topological polar surface area (TPSA) is 34.1 Å². The van der Waals surface area contributed by atoms with Crippen molar-refractivity contribution in [1.29, 1.82) is 0 Å². The number of rotatable bonds is 0. The molecule has 2 nitrogen and oxygen atoms in total. The largest absolute Gasteiger partial charge is 0.373 e. The first-order valence-electron chi connectivity index (χ1n) is 4.83. The van der Waals surface area contributed by atoms with Crippen molar-refractivity contribution in [1.82, 2.24) is 0 Å². The predicted octanol–water partition coefficient (Wildman–Crippen LogP) is 1.35. The lowest BCUT2D eigenvalue weighted by atomic mass is 8.97. The van der Waals surface area contributed by atoms with E-state index in [1.54, 1.807) is 0 Å². The van der Waals surface area contributed by atoms with Crippen LogP contribution in [0.25, 0.3) is 0 Å². The van der Waals surface area contributed by atoms with Gasteiger partial charge in [0, 0.05) is 3.42 Å². The number of carbonyl (C=O) groups excluding carboxylic acids is 2. The van der Waals surface area contributed by atoms with E-state index in [-0.39, 0.29) is 6.15 Å². The Bertz CT molecular complexity index is 286. The molecule has 6 rings (SSSR count). The van der Waals surface area contributed by atoms with Crippen molar-refractivity contribution in [2.45, 2.75) is 10.3 Å². The van der Waals surface area contributed by atoms with Crippen molar-refractivity contribution in [3.8, 4) is 0 Å². The molecular formula is C10H9IO2. The Balaban J connectivity index is 0.000000156. The lowest BCUT2D eigenvalue weighted by Crippen LogP contribution is -3.10. The van der Waals surface area contributed by atoms with Crippen LogP contribution < -0.4 is 0 Å². The van der Waals surface area contributed by atoms with Gasteiger partial charge in [-0.2, -0.15) is 9.59 Å². The van der Waals surface area contributed by atoms with Crippen molar-refractivity contribution in [2.24, 2.45) is 40.9 Å². The number of halogens is 1. The van der Waals surface area contributed by atoms with Crippen LogP contribution in [0, 0.1) is 40.9 Å². The maximum Gasteiger partial charge on any atom is 0.373 e. The Hall–Kier alpha value is 0.110. The first-order valence-corrected chi connectivity index (χ1v) is 5.91. The molecule has 0 aromatic heterocycles. The van der Waals surface area contributed by atoms with Crippen LogP contribution in [0.4, 0.5) is 0 Å². The summed E-state index contributed by atoms with van der Waals surface area (Å²) >= 11 is 2.79. The monoisotopic (exact) mass is 288 g/mol. The normalized spacial score (nSPS) is 80.5. The quantitative estimate of drug-likeness (QED) is 0.498. The van der Waals surface area contributed by atoms with Crippen LogP contribution in [0.5, 0.6) is 0 Å². The SMILES string of the molecule is CC12C3C4C1C1C2C3C41I.O=C=O. The summed E-state index contributed by atoms with van der Waals surface area (Å²) in [6.45, 7) is 2.56. The maximum atomic E-state index is 8.12. The van der Waals surface area contributed by atoms with Crippen molar-refractivity contribution >= 4 is 28.7 Å². The summed E-state index contributed by atoms with van der Waals surface area (Å²) in [5.41, 5.74) is 0.937. The second-order valence-electron chi connectivity index (χ2n) is 5.43. The fourth-order valence-corrected chi connectivity index (χ4v) is 8.26. The first kappa shape index (κ1) is 7.41. The summed E-state index contributed by atoms with van der Waals surface area (Å²) < 4.78 is 0.912. The van der Waals surface area contributed by atoms with E-state index in [9.17, 15) is 0 Å². The van der Waals surface area contributed by atoms with Gasteiger partial charge in [-0.05, 0) is 40.9 Å². The molecule has 0 amide bonds. The Labute approximate surface area is 89.6 Å². The van der Waals surface area contributed by atoms with Crippen LogP contribution in [0.3, 0.4) is 0 Å². The molecule has 0 spiro atoms. The third kappa shape index (κ3) is 0.343. The van der Waals surface area contributed by atoms with Crippen LogP contribution in [0.1, 0.15) is 6.92 Å². The third-order valence-corrected chi connectivity index (χ3v) is 8.17. The molecule has 0 atom stereocenters. The van der Waals surface area contributed by atoms with E-state index in [2.05, 4.69) is 29.5 Å². The zero-order chi connectivity index (χ0) is 9.17. The van der Waals surface area contributed by atoms with E-state index in [1.807, 2.05) is 0 Å². The summed E-state index contributed by atoms with van der Waals surface area (Å²) in [6, 6.07) is 0. The number of hydrogen-bond acceptors (Lipinski definition) is 2. The number of hydrogen-bond donors (Lipinski definition) is 0. The molecule has 68 valence electrons. The van der Waals surface area contributed by atoms with Gasteiger partial charge in [0.2, 0.25) is 0 Å². The first-order chi connectivity index (χ1) is 6.15. The van der Waals surface area contributed by atoms with Gasteiger partial charge < -0.3 is 0 Å². The average molecular weight is 288 g/mol. The molecule has 0 aliphatic heterocycles. The van der Waals surface area contributed by atoms with E-state index in [4.69, 9.17) is 9.59 Å². The maximum absolute atomic E-state index is 8.12. The van der Waals surface area contributed by atoms with Gasteiger partial charge in [-0.1, -0.05) is 29.5 Å². The molecule has 6 saturated carbocycles. The Morgan fingerprint density at radius 3 is 1.54 bits per heavy atom. The molecule has 0 aromatic rings. The Morgan fingerprint density at radius 1 is 1.00 bits per heavy atom. The van der Waals surface area contributed by atoms with Gasteiger partial charge in [-0.25, -0.2) is 0 Å². The lowest BCUT2D eigenvalue weighted by Gasteiger charge is -3.10. The minimum absolute atomic E-state index is 0.250. The standard InChI is InChI=1S/C9H9I.CO2/c1-8-2-5-3(8)7-4(8)6(2)9(5,7)10;2-1-3/h2-7H,1H3;. The molecule has 0 radical (unpaired) electrons. The van der Waals surface area contributed by atoms with Crippen LogP contribution >= 0.6 is 22.6 Å². The highest BCUT2D eigenvalue weighted by Gasteiger charge is 3.07. The highest BCUT2D eigenvalue weighted by Crippen LogP contribution is 3.08. The van der Waals surface area contributed by atoms with Crippen LogP contribution in [0.2, 0.25) is 0 Å². The Kier molecular flexibility index (Phi) is 0.880. The van der Waals surface area contributed by atoms with Crippen molar-refractivity contribution in [3.05, 3.63) is 0 Å². The molecule has 6 fully saturated rings. The second kappa shape index (κ2) is 1.54. The second-order valence-corrected chi connectivity index (χ2v) is 7.30. The molecule has 0 aromatic carbocycles. The van der Waals surface area contributed by atoms with Crippen LogP contribution in [-0.2, 0) is 9.59 Å².